The van der Waals surface area contributed by atoms with Gasteiger partial charge in [0.1, 0.15) is 5.82 Å². The molecule has 0 N–H and O–H groups in total. The molecule has 0 radical (unpaired) electrons. The van der Waals surface area contributed by atoms with E-state index < -0.39 is 0 Å². The second kappa shape index (κ2) is 5.21. The zero-order chi connectivity index (χ0) is 14.1. The van der Waals surface area contributed by atoms with Crippen LogP contribution in [0.4, 0.5) is 4.39 Å². The molecular formula is C16H11BrFNO. The summed E-state index contributed by atoms with van der Waals surface area (Å²) in [4.78, 5) is 11.1. The molecule has 2 nitrogen and oxygen atoms in total. The van der Waals surface area contributed by atoms with E-state index >= 15 is 0 Å². The van der Waals surface area contributed by atoms with Crippen LogP contribution < -0.4 is 0 Å². The maximum absolute atomic E-state index is 13.4. The van der Waals surface area contributed by atoms with E-state index in [4.69, 9.17) is 0 Å². The number of fused-ring (bicyclic) bond motifs is 1. The Hall–Kier alpha value is -1.94. The third kappa shape index (κ3) is 2.39. The SMILES string of the molecule is O=Cc1cn(Cc2cc(F)cc(Br)c2)c2ccccc12. The summed E-state index contributed by atoms with van der Waals surface area (Å²) in [7, 11) is 0. The second-order valence-corrected chi connectivity index (χ2v) is 5.54. The predicted molar refractivity (Wildman–Crippen MR) is 80.5 cm³/mol. The Labute approximate surface area is 124 Å². The topological polar surface area (TPSA) is 22.0 Å². The molecule has 0 fully saturated rings. The van der Waals surface area contributed by atoms with Crippen LogP contribution in [0.3, 0.4) is 0 Å². The molecule has 100 valence electrons. The molecule has 3 aromatic rings. The number of hydrogen-bond acceptors (Lipinski definition) is 1. The quantitative estimate of drug-likeness (QED) is 0.652. The van der Waals surface area contributed by atoms with Crippen molar-refractivity contribution < 1.29 is 9.18 Å². The summed E-state index contributed by atoms with van der Waals surface area (Å²) in [6, 6.07) is 12.5. The number of benzene rings is 2. The average molecular weight is 332 g/mol. The van der Waals surface area contributed by atoms with Crippen LogP contribution in [-0.4, -0.2) is 10.9 Å². The highest BCUT2D eigenvalue weighted by Gasteiger charge is 2.08. The highest BCUT2D eigenvalue weighted by Crippen LogP contribution is 2.22. The lowest BCUT2D eigenvalue weighted by Crippen LogP contribution is -1.98. The minimum atomic E-state index is -0.276. The summed E-state index contributed by atoms with van der Waals surface area (Å²) >= 11 is 3.29. The van der Waals surface area contributed by atoms with Gasteiger partial charge in [0.2, 0.25) is 0 Å². The first-order valence-electron chi connectivity index (χ1n) is 6.15. The van der Waals surface area contributed by atoms with Crippen molar-refractivity contribution in [2.75, 3.05) is 0 Å². The van der Waals surface area contributed by atoms with Crippen molar-refractivity contribution in [2.45, 2.75) is 6.54 Å². The van der Waals surface area contributed by atoms with E-state index in [9.17, 15) is 9.18 Å². The van der Waals surface area contributed by atoms with Gasteiger partial charge in [-0.3, -0.25) is 4.79 Å². The third-order valence-corrected chi connectivity index (χ3v) is 3.68. The molecule has 20 heavy (non-hydrogen) atoms. The van der Waals surface area contributed by atoms with Crippen molar-refractivity contribution in [3.05, 3.63) is 70.1 Å². The Bertz CT molecular complexity index is 774. The van der Waals surface area contributed by atoms with Crippen LogP contribution in [0.5, 0.6) is 0 Å². The van der Waals surface area contributed by atoms with Gasteiger partial charge in [0.05, 0.1) is 0 Å². The van der Waals surface area contributed by atoms with E-state index in [1.165, 1.54) is 12.1 Å². The number of carbonyl (C=O) groups excluding carboxylic acids is 1. The minimum absolute atomic E-state index is 0.276. The smallest absolute Gasteiger partial charge is 0.152 e. The Morgan fingerprint density at radius 2 is 2.00 bits per heavy atom. The van der Waals surface area contributed by atoms with Crippen LogP contribution in [0.15, 0.2) is 53.1 Å². The molecule has 0 unspecified atom stereocenters. The van der Waals surface area contributed by atoms with Gasteiger partial charge in [-0.15, -0.1) is 0 Å². The number of carbonyl (C=O) groups is 1. The van der Waals surface area contributed by atoms with Gasteiger partial charge in [0.25, 0.3) is 0 Å². The van der Waals surface area contributed by atoms with E-state index in [1.54, 1.807) is 6.20 Å². The second-order valence-electron chi connectivity index (χ2n) is 4.63. The Morgan fingerprint density at radius 1 is 1.20 bits per heavy atom. The lowest BCUT2D eigenvalue weighted by molar-refractivity contribution is 0.112. The molecule has 0 spiro atoms. The zero-order valence-electron chi connectivity index (χ0n) is 10.5. The summed E-state index contributed by atoms with van der Waals surface area (Å²) in [5, 5.41) is 0.915. The van der Waals surface area contributed by atoms with Crippen LogP contribution in [0.1, 0.15) is 15.9 Å². The van der Waals surface area contributed by atoms with Crippen molar-refractivity contribution in [2.24, 2.45) is 0 Å². The van der Waals surface area contributed by atoms with E-state index in [2.05, 4.69) is 15.9 Å². The van der Waals surface area contributed by atoms with Gasteiger partial charge in [-0.25, -0.2) is 4.39 Å². The molecule has 1 heterocycles. The van der Waals surface area contributed by atoms with Crippen molar-refractivity contribution in [3.63, 3.8) is 0 Å². The van der Waals surface area contributed by atoms with Gasteiger partial charge in [-0.05, 0) is 29.8 Å². The first kappa shape index (κ1) is 13.1. The van der Waals surface area contributed by atoms with E-state index in [0.29, 0.717) is 16.6 Å². The molecular weight excluding hydrogens is 321 g/mol. The molecule has 0 saturated carbocycles. The molecule has 0 atom stereocenters. The van der Waals surface area contributed by atoms with E-state index in [1.807, 2.05) is 34.9 Å². The lowest BCUT2D eigenvalue weighted by Gasteiger charge is -2.06. The number of rotatable bonds is 3. The Morgan fingerprint density at radius 3 is 2.75 bits per heavy atom. The number of hydrogen-bond donors (Lipinski definition) is 0. The van der Waals surface area contributed by atoms with Gasteiger partial charge >= 0.3 is 0 Å². The standard InChI is InChI=1S/C16H11BrFNO/c17-13-5-11(6-14(18)7-13)8-19-9-12(10-20)15-3-1-2-4-16(15)19/h1-7,9-10H,8H2. The molecule has 1 aromatic heterocycles. The van der Waals surface area contributed by atoms with Crippen LogP contribution in [0.2, 0.25) is 0 Å². The van der Waals surface area contributed by atoms with E-state index in [0.717, 1.165) is 22.8 Å². The van der Waals surface area contributed by atoms with E-state index in [-0.39, 0.29) is 5.82 Å². The number of halogens is 2. The number of nitrogens with zero attached hydrogens (tertiary/aromatic N) is 1. The molecule has 0 amide bonds. The summed E-state index contributed by atoms with van der Waals surface area (Å²) in [5.41, 5.74) is 2.46. The first-order chi connectivity index (χ1) is 9.67. The highest BCUT2D eigenvalue weighted by molar-refractivity contribution is 9.10. The van der Waals surface area contributed by atoms with Crippen molar-refractivity contribution in [1.82, 2.24) is 4.57 Å². The molecule has 0 aliphatic carbocycles. The molecule has 0 bridgehead atoms. The van der Waals surface area contributed by atoms with Crippen LogP contribution >= 0.6 is 15.9 Å². The van der Waals surface area contributed by atoms with Crippen LogP contribution in [-0.2, 0) is 6.54 Å². The highest BCUT2D eigenvalue weighted by atomic mass is 79.9. The van der Waals surface area contributed by atoms with Gasteiger partial charge in [-0.2, -0.15) is 0 Å². The van der Waals surface area contributed by atoms with Crippen molar-refractivity contribution in [1.29, 1.82) is 0 Å². The summed E-state index contributed by atoms with van der Waals surface area (Å²) < 4.78 is 16.1. The largest absolute Gasteiger partial charge is 0.342 e. The molecule has 0 aliphatic heterocycles. The zero-order valence-corrected chi connectivity index (χ0v) is 12.1. The fourth-order valence-electron chi connectivity index (χ4n) is 2.40. The molecule has 0 aliphatic rings. The fraction of sp³-hybridized carbons (Fsp3) is 0.0625. The third-order valence-electron chi connectivity index (χ3n) is 3.22. The molecule has 3 rings (SSSR count). The number of aldehydes is 1. The average Bonchev–Trinajstić information content (AvgIpc) is 2.76. The Balaban J connectivity index is 2.08. The van der Waals surface area contributed by atoms with Gasteiger partial charge in [0, 0.05) is 33.7 Å². The van der Waals surface area contributed by atoms with Gasteiger partial charge < -0.3 is 4.57 Å². The normalized spacial score (nSPS) is 10.9. The monoisotopic (exact) mass is 331 g/mol. The van der Waals surface area contributed by atoms with Crippen LogP contribution in [0, 0.1) is 5.82 Å². The minimum Gasteiger partial charge on any atom is -0.342 e. The summed E-state index contributed by atoms with van der Waals surface area (Å²) in [6.45, 7) is 0.519. The summed E-state index contributed by atoms with van der Waals surface area (Å²) in [5.74, 6) is -0.276. The lowest BCUT2D eigenvalue weighted by atomic mass is 10.2. The fourth-order valence-corrected chi connectivity index (χ4v) is 2.91. The number of aromatic nitrogens is 1. The van der Waals surface area contributed by atoms with Crippen LogP contribution in [0.25, 0.3) is 10.9 Å². The van der Waals surface area contributed by atoms with Gasteiger partial charge in [-0.1, -0.05) is 34.1 Å². The number of para-hydroxylation sites is 1. The predicted octanol–water partition coefficient (Wildman–Crippen LogP) is 4.40. The summed E-state index contributed by atoms with van der Waals surface area (Å²) in [6.07, 6.45) is 2.65. The molecule has 0 saturated heterocycles. The first-order valence-corrected chi connectivity index (χ1v) is 6.95. The molecule has 4 heteroatoms. The maximum Gasteiger partial charge on any atom is 0.152 e. The Kier molecular flexibility index (Phi) is 3.40. The molecule has 2 aromatic carbocycles. The van der Waals surface area contributed by atoms with Crippen molar-refractivity contribution in [3.8, 4) is 0 Å². The van der Waals surface area contributed by atoms with Crippen molar-refractivity contribution >= 4 is 33.1 Å². The van der Waals surface area contributed by atoms with Gasteiger partial charge in [0.15, 0.2) is 6.29 Å². The maximum atomic E-state index is 13.4.